The third kappa shape index (κ3) is 9.53. The molecule has 0 radical (unpaired) electrons. The lowest BCUT2D eigenvalue weighted by atomic mass is 10.0. The predicted octanol–water partition coefficient (Wildman–Crippen LogP) is -2.92. The molecule has 13 heteroatoms. The molecule has 182 valence electrons. The van der Waals surface area contributed by atoms with E-state index in [4.69, 9.17) is 16.6 Å². The molecule has 0 aliphatic rings. The summed E-state index contributed by atoms with van der Waals surface area (Å²) in [6, 6.07) is 0.644. The maximum absolute atomic E-state index is 12.8. The van der Waals surface area contributed by atoms with Crippen LogP contribution in [0.1, 0.15) is 25.3 Å². The third-order valence-electron chi connectivity index (χ3n) is 4.59. The van der Waals surface area contributed by atoms with Crippen molar-refractivity contribution in [2.75, 3.05) is 6.61 Å². The lowest BCUT2D eigenvalue weighted by Crippen LogP contribution is -2.58. The lowest BCUT2D eigenvalue weighted by molar-refractivity contribution is -0.142. The van der Waals surface area contributed by atoms with Crippen molar-refractivity contribution in [3.63, 3.8) is 0 Å². The number of hydrogen-bond acceptors (Lipinski definition) is 8. The number of nitrogens with one attached hydrogen (secondary N) is 3. The normalized spacial score (nSPS) is 14.3. The van der Waals surface area contributed by atoms with Crippen molar-refractivity contribution in [1.82, 2.24) is 16.0 Å². The van der Waals surface area contributed by atoms with Crippen LogP contribution in [0.3, 0.4) is 0 Å². The molecular formula is C20H29N5O8. The first kappa shape index (κ1) is 27.3. The quantitative estimate of drug-likeness (QED) is 0.148. The molecule has 4 unspecified atom stereocenters. The van der Waals surface area contributed by atoms with Crippen LogP contribution in [0.2, 0.25) is 0 Å². The van der Waals surface area contributed by atoms with E-state index in [9.17, 15) is 34.2 Å². The number of carbonyl (C=O) groups is 5. The Kier molecular flexibility index (Phi) is 10.7. The van der Waals surface area contributed by atoms with Crippen LogP contribution >= 0.6 is 0 Å². The number of carboxylic acids is 1. The summed E-state index contributed by atoms with van der Waals surface area (Å²) in [5.41, 5.74) is 11.3. The highest BCUT2D eigenvalue weighted by Gasteiger charge is 2.29. The average molecular weight is 467 g/mol. The van der Waals surface area contributed by atoms with Crippen molar-refractivity contribution < 1.29 is 39.3 Å². The number of aromatic hydroxyl groups is 1. The molecule has 0 heterocycles. The summed E-state index contributed by atoms with van der Waals surface area (Å²) in [5.74, 6) is -4.51. The van der Waals surface area contributed by atoms with Gasteiger partial charge in [-0.25, -0.2) is 0 Å². The van der Waals surface area contributed by atoms with Crippen molar-refractivity contribution in [2.45, 2.75) is 50.4 Å². The largest absolute Gasteiger partial charge is 0.508 e. The number of rotatable bonds is 13. The molecule has 13 nitrogen and oxygen atoms in total. The van der Waals surface area contributed by atoms with Crippen LogP contribution in [0.15, 0.2) is 24.3 Å². The molecule has 0 spiro atoms. The van der Waals surface area contributed by atoms with E-state index in [0.717, 1.165) is 0 Å². The van der Waals surface area contributed by atoms with Gasteiger partial charge in [-0.1, -0.05) is 12.1 Å². The van der Waals surface area contributed by atoms with E-state index >= 15 is 0 Å². The molecule has 0 bridgehead atoms. The predicted molar refractivity (Wildman–Crippen MR) is 114 cm³/mol. The Bertz CT molecular complexity index is 861. The maximum Gasteiger partial charge on any atom is 0.325 e. The summed E-state index contributed by atoms with van der Waals surface area (Å²) in [5, 5.41) is 34.6. The second-order valence-corrected chi connectivity index (χ2v) is 7.36. The summed E-state index contributed by atoms with van der Waals surface area (Å²) in [7, 11) is 0. The number of carboxylic acid groups (broad SMARTS) is 1. The van der Waals surface area contributed by atoms with E-state index in [1.54, 1.807) is 0 Å². The fourth-order valence-corrected chi connectivity index (χ4v) is 2.63. The highest BCUT2D eigenvalue weighted by atomic mass is 16.4. The molecule has 0 aliphatic carbocycles. The van der Waals surface area contributed by atoms with Crippen molar-refractivity contribution >= 4 is 29.6 Å². The van der Waals surface area contributed by atoms with Crippen LogP contribution in [-0.4, -0.2) is 75.7 Å². The van der Waals surface area contributed by atoms with E-state index in [-0.39, 0.29) is 25.0 Å². The second-order valence-electron chi connectivity index (χ2n) is 7.36. The van der Waals surface area contributed by atoms with Crippen LogP contribution in [-0.2, 0) is 30.4 Å². The number of aliphatic carboxylic acids is 1. The van der Waals surface area contributed by atoms with Crippen molar-refractivity contribution in [3.8, 4) is 5.75 Å². The van der Waals surface area contributed by atoms with Gasteiger partial charge in [-0.2, -0.15) is 0 Å². The third-order valence-corrected chi connectivity index (χ3v) is 4.59. The number of aliphatic hydroxyl groups is 1. The Labute approximate surface area is 189 Å². The number of phenolic OH excluding ortho intramolecular Hbond substituents is 1. The molecule has 33 heavy (non-hydrogen) atoms. The van der Waals surface area contributed by atoms with Gasteiger partial charge in [-0.05, 0) is 31.0 Å². The average Bonchev–Trinajstić information content (AvgIpc) is 2.76. The number of aliphatic hydroxyl groups excluding tert-OH is 1. The van der Waals surface area contributed by atoms with Gasteiger partial charge in [-0.3, -0.25) is 24.0 Å². The first-order chi connectivity index (χ1) is 15.4. The summed E-state index contributed by atoms with van der Waals surface area (Å²) >= 11 is 0. The van der Waals surface area contributed by atoms with Gasteiger partial charge in [0.2, 0.25) is 23.6 Å². The van der Waals surface area contributed by atoms with Gasteiger partial charge in [0, 0.05) is 12.8 Å². The summed E-state index contributed by atoms with van der Waals surface area (Å²) in [6.07, 6.45) is -0.257. The molecule has 10 N–H and O–H groups in total. The van der Waals surface area contributed by atoms with Gasteiger partial charge in [0.25, 0.3) is 0 Å². The Hall–Kier alpha value is -3.71. The van der Waals surface area contributed by atoms with E-state index < -0.39 is 60.4 Å². The summed E-state index contributed by atoms with van der Waals surface area (Å²) in [6.45, 7) is 0.375. The minimum atomic E-state index is -1.48. The fourth-order valence-electron chi connectivity index (χ4n) is 2.63. The van der Waals surface area contributed by atoms with Crippen molar-refractivity contribution in [1.29, 1.82) is 0 Å². The number of phenols is 1. The van der Waals surface area contributed by atoms with E-state index in [2.05, 4.69) is 16.0 Å². The zero-order valence-electron chi connectivity index (χ0n) is 18.0. The fraction of sp³-hybridized carbons (Fsp3) is 0.450. The van der Waals surface area contributed by atoms with E-state index in [1.165, 1.54) is 31.2 Å². The van der Waals surface area contributed by atoms with Gasteiger partial charge in [0.05, 0.1) is 12.6 Å². The minimum Gasteiger partial charge on any atom is -0.508 e. The molecule has 1 aromatic carbocycles. The minimum absolute atomic E-state index is 0.0122. The Balaban J connectivity index is 2.97. The second kappa shape index (κ2) is 13.0. The van der Waals surface area contributed by atoms with Gasteiger partial charge in [0.15, 0.2) is 0 Å². The molecule has 4 atom stereocenters. The number of nitrogens with two attached hydrogens (primary N) is 2. The topological polar surface area (TPSA) is 234 Å². The smallest absolute Gasteiger partial charge is 0.325 e. The van der Waals surface area contributed by atoms with Crippen LogP contribution in [0.4, 0.5) is 0 Å². The highest BCUT2D eigenvalue weighted by Crippen LogP contribution is 2.12. The summed E-state index contributed by atoms with van der Waals surface area (Å²) < 4.78 is 0. The number of benzene rings is 1. The Morgan fingerprint density at radius 3 is 2.00 bits per heavy atom. The van der Waals surface area contributed by atoms with Crippen LogP contribution in [0.5, 0.6) is 5.75 Å². The first-order valence-corrected chi connectivity index (χ1v) is 10.0. The van der Waals surface area contributed by atoms with Gasteiger partial charge in [-0.15, -0.1) is 0 Å². The molecule has 1 aromatic rings. The number of carbonyl (C=O) groups excluding carboxylic acids is 4. The van der Waals surface area contributed by atoms with Gasteiger partial charge < -0.3 is 42.7 Å². The van der Waals surface area contributed by atoms with E-state index in [0.29, 0.717) is 5.56 Å². The number of hydrogen-bond donors (Lipinski definition) is 8. The lowest BCUT2D eigenvalue weighted by Gasteiger charge is -2.24. The zero-order valence-corrected chi connectivity index (χ0v) is 18.0. The number of amides is 4. The zero-order chi connectivity index (χ0) is 25.1. The number of primary amides is 1. The van der Waals surface area contributed by atoms with E-state index in [1.807, 2.05) is 0 Å². The highest BCUT2D eigenvalue weighted by molar-refractivity contribution is 5.94. The van der Waals surface area contributed by atoms with Crippen molar-refractivity contribution in [2.24, 2.45) is 11.5 Å². The van der Waals surface area contributed by atoms with Crippen molar-refractivity contribution in [3.05, 3.63) is 29.8 Å². The Morgan fingerprint density at radius 1 is 0.939 bits per heavy atom. The molecule has 1 rings (SSSR count). The van der Waals surface area contributed by atoms with Gasteiger partial charge >= 0.3 is 5.97 Å². The molecule has 0 aliphatic heterocycles. The maximum atomic E-state index is 12.8. The first-order valence-electron chi connectivity index (χ1n) is 10.0. The molecule has 0 saturated heterocycles. The molecule has 0 fully saturated rings. The summed E-state index contributed by atoms with van der Waals surface area (Å²) in [4.78, 5) is 59.3. The molecule has 0 saturated carbocycles. The van der Waals surface area contributed by atoms with Gasteiger partial charge in [0.1, 0.15) is 23.9 Å². The van der Waals surface area contributed by atoms with Crippen LogP contribution in [0.25, 0.3) is 0 Å². The molecular weight excluding hydrogens is 438 g/mol. The SMILES string of the molecule is CC(NC(=O)C(CO)NC(=O)C(Cc1ccc(O)cc1)NC(=O)C(N)CCC(N)=O)C(=O)O. The van der Waals surface area contributed by atoms with Crippen LogP contribution < -0.4 is 27.4 Å². The standard InChI is InChI=1S/C20H29N5O8/c1-10(20(32)33)23-19(31)15(9-26)25-18(30)14(8-11-2-4-12(27)5-3-11)24-17(29)13(21)6-7-16(22)28/h2-5,10,13-15,26-27H,6-9,21H2,1H3,(H2,22,28)(H,23,31)(H,24,29)(H,25,30)(H,32,33). The monoisotopic (exact) mass is 467 g/mol. The van der Waals surface area contributed by atoms with Crippen LogP contribution in [0, 0.1) is 0 Å². The molecule has 0 aromatic heterocycles. The molecule has 4 amide bonds. The Morgan fingerprint density at radius 2 is 1.48 bits per heavy atom.